The quantitative estimate of drug-likeness (QED) is 0.832. The lowest BCUT2D eigenvalue weighted by Gasteiger charge is -2.18. The number of nitrogens with two attached hydrogens (primary N) is 1. The molecule has 5 heteroatoms. The van der Waals surface area contributed by atoms with Crippen LogP contribution < -0.4 is 11.1 Å². The molecule has 3 N–H and O–H groups in total. The van der Waals surface area contributed by atoms with Crippen molar-refractivity contribution in [2.24, 2.45) is 0 Å². The molecule has 0 fully saturated rings. The minimum absolute atomic E-state index is 0.0951. The van der Waals surface area contributed by atoms with E-state index in [9.17, 15) is 4.79 Å². The fraction of sp³-hybridized carbons (Fsp3) is 0.417. The van der Waals surface area contributed by atoms with Crippen molar-refractivity contribution in [1.82, 2.24) is 10.2 Å². The predicted molar refractivity (Wildman–Crippen MR) is 74.0 cm³/mol. The van der Waals surface area contributed by atoms with Crippen molar-refractivity contribution in [3.8, 4) is 0 Å². The molecule has 1 rings (SSSR count). The smallest absolute Gasteiger partial charge is 0.251 e. The molecule has 1 atom stereocenters. The first-order valence-corrected chi connectivity index (χ1v) is 6.19. The first-order chi connectivity index (χ1) is 7.88. The van der Waals surface area contributed by atoms with Crippen LogP contribution in [0, 0.1) is 0 Å². The second kappa shape index (κ2) is 6.02. The topological polar surface area (TPSA) is 58.4 Å². The van der Waals surface area contributed by atoms with Gasteiger partial charge in [-0.1, -0.05) is 15.9 Å². The number of halogens is 1. The summed E-state index contributed by atoms with van der Waals surface area (Å²) in [6.07, 6.45) is 0. The van der Waals surface area contributed by atoms with Gasteiger partial charge in [-0.2, -0.15) is 0 Å². The van der Waals surface area contributed by atoms with Gasteiger partial charge in [-0.3, -0.25) is 4.79 Å². The van der Waals surface area contributed by atoms with E-state index in [1.165, 1.54) is 0 Å². The fourth-order valence-corrected chi connectivity index (χ4v) is 2.15. The van der Waals surface area contributed by atoms with Gasteiger partial charge in [-0.25, -0.2) is 0 Å². The number of nitrogen functional groups attached to an aromatic ring is 1. The van der Waals surface area contributed by atoms with Gasteiger partial charge in [0.1, 0.15) is 0 Å². The Morgan fingerprint density at radius 2 is 2.12 bits per heavy atom. The van der Waals surface area contributed by atoms with Gasteiger partial charge in [-0.15, -0.1) is 0 Å². The number of carbonyl (C=O) groups is 1. The van der Waals surface area contributed by atoms with E-state index in [-0.39, 0.29) is 11.9 Å². The van der Waals surface area contributed by atoms with Crippen LogP contribution in [0.5, 0.6) is 0 Å². The van der Waals surface area contributed by atoms with E-state index in [1.807, 2.05) is 25.9 Å². The van der Waals surface area contributed by atoms with Crippen LogP contribution in [0.4, 0.5) is 5.69 Å². The summed E-state index contributed by atoms with van der Waals surface area (Å²) in [5.74, 6) is -0.104. The first-order valence-electron chi connectivity index (χ1n) is 5.40. The highest BCUT2D eigenvalue weighted by molar-refractivity contribution is 9.10. The molecule has 0 bridgehead atoms. The highest BCUT2D eigenvalue weighted by atomic mass is 79.9. The van der Waals surface area contributed by atoms with Crippen LogP contribution in [0.15, 0.2) is 22.7 Å². The number of amides is 1. The van der Waals surface area contributed by atoms with Gasteiger partial charge in [0.15, 0.2) is 0 Å². The molecule has 4 nitrogen and oxygen atoms in total. The number of nitrogens with one attached hydrogen (secondary N) is 1. The van der Waals surface area contributed by atoms with E-state index < -0.39 is 0 Å². The molecule has 1 unspecified atom stereocenters. The number of nitrogens with zero attached hydrogens (tertiary/aromatic N) is 1. The Hall–Kier alpha value is -1.07. The summed E-state index contributed by atoms with van der Waals surface area (Å²) in [6.45, 7) is 2.77. The molecular weight excluding hydrogens is 282 g/mol. The molecule has 17 heavy (non-hydrogen) atoms. The van der Waals surface area contributed by atoms with Gasteiger partial charge >= 0.3 is 0 Å². The molecule has 0 saturated heterocycles. The molecule has 0 radical (unpaired) electrons. The number of anilines is 1. The maximum atomic E-state index is 11.9. The Morgan fingerprint density at radius 1 is 1.47 bits per heavy atom. The number of rotatable bonds is 4. The zero-order chi connectivity index (χ0) is 13.0. The number of likely N-dealkylation sites (N-methyl/N-ethyl adjacent to an activating group) is 1. The lowest BCUT2D eigenvalue weighted by atomic mass is 10.2. The summed E-state index contributed by atoms with van der Waals surface area (Å²) in [6, 6.07) is 5.29. The largest absolute Gasteiger partial charge is 0.399 e. The minimum Gasteiger partial charge on any atom is -0.399 e. The van der Waals surface area contributed by atoms with Crippen LogP contribution in [0.1, 0.15) is 17.3 Å². The van der Waals surface area contributed by atoms with Gasteiger partial charge in [0.2, 0.25) is 0 Å². The standard InChI is InChI=1S/C12H18BrN3O/c1-8(7-16(2)3)15-12(17)9-4-10(13)6-11(14)5-9/h4-6,8H,7,14H2,1-3H3,(H,15,17). The molecule has 0 aliphatic heterocycles. The maximum Gasteiger partial charge on any atom is 0.251 e. The summed E-state index contributed by atoms with van der Waals surface area (Å²) in [5, 5.41) is 2.92. The highest BCUT2D eigenvalue weighted by Crippen LogP contribution is 2.17. The van der Waals surface area contributed by atoms with E-state index >= 15 is 0 Å². The molecule has 0 saturated carbocycles. The van der Waals surface area contributed by atoms with Gasteiger partial charge in [-0.05, 0) is 39.2 Å². The normalized spacial score (nSPS) is 12.5. The summed E-state index contributed by atoms with van der Waals surface area (Å²) in [4.78, 5) is 14.0. The second-order valence-corrected chi connectivity index (χ2v) is 5.33. The van der Waals surface area contributed by atoms with E-state index in [4.69, 9.17) is 5.73 Å². The number of carbonyl (C=O) groups excluding carboxylic acids is 1. The predicted octanol–water partition coefficient (Wildman–Crippen LogP) is 1.71. The highest BCUT2D eigenvalue weighted by Gasteiger charge is 2.11. The van der Waals surface area contributed by atoms with Crippen LogP contribution in [-0.2, 0) is 0 Å². The van der Waals surface area contributed by atoms with Crippen molar-refractivity contribution in [2.75, 3.05) is 26.4 Å². The molecule has 1 aromatic carbocycles. The van der Waals surface area contributed by atoms with E-state index in [1.54, 1.807) is 18.2 Å². The molecule has 94 valence electrons. The lowest BCUT2D eigenvalue weighted by Crippen LogP contribution is -2.39. The van der Waals surface area contributed by atoms with Crippen LogP contribution in [-0.4, -0.2) is 37.5 Å². The van der Waals surface area contributed by atoms with E-state index in [2.05, 4.69) is 21.2 Å². The lowest BCUT2D eigenvalue weighted by molar-refractivity contribution is 0.0934. The van der Waals surface area contributed by atoms with Gasteiger partial charge in [0.25, 0.3) is 5.91 Å². The number of hydrogen-bond acceptors (Lipinski definition) is 3. The van der Waals surface area contributed by atoms with Crippen molar-refractivity contribution < 1.29 is 4.79 Å². The molecule has 1 amide bonds. The SMILES string of the molecule is CC(CN(C)C)NC(=O)c1cc(N)cc(Br)c1. The Morgan fingerprint density at radius 3 is 2.65 bits per heavy atom. The monoisotopic (exact) mass is 299 g/mol. The molecule has 0 aliphatic carbocycles. The first kappa shape index (κ1) is 14.0. The average Bonchev–Trinajstić information content (AvgIpc) is 2.14. The zero-order valence-electron chi connectivity index (χ0n) is 10.3. The average molecular weight is 300 g/mol. The summed E-state index contributed by atoms with van der Waals surface area (Å²) in [7, 11) is 3.94. The minimum atomic E-state index is -0.104. The Bertz CT molecular complexity index is 386. The van der Waals surface area contributed by atoms with Crippen LogP contribution >= 0.6 is 15.9 Å². The van der Waals surface area contributed by atoms with Crippen molar-refractivity contribution in [3.63, 3.8) is 0 Å². The van der Waals surface area contributed by atoms with Crippen molar-refractivity contribution in [2.45, 2.75) is 13.0 Å². The summed E-state index contributed by atoms with van der Waals surface area (Å²) >= 11 is 3.32. The fourth-order valence-electron chi connectivity index (χ4n) is 1.64. The third kappa shape index (κ3) is 4.75. The maximum absolute atomic E-state index is 11.9. The second-order valence-electron chi connectivity index (χ2n) is 4.41. The number of hydrogen-bond donors (Lipinski definition) is 2. The Balaban J connectivity index is 2.69. The van der Waals surface area contributed by atoms with Crippen molar-refractivity contribution in [1.29, 1.82) is 0 Å². The van der Waals surface area contributed by atoms with Crippen LogP contribution in [0.25, 0.3) is 0 Å². The summed E-state index contributed by atoms with van der Waals surface area (Å²) < 4.78 is 0.808. The Kier molecular flexibility index (Phi) is 4.96. The van der Waals surface area contributed by atoms with E-state index in [0.29, 0.717) is 11.3 Å². The summed E-state index contributed by atoms with van der Waals surface area (Å²) in [5.41, 5.74) is 6.84. The molecule has 0 heterocycles. The van der Waals surface area contributed by atoms with Gasteiger partial charge < -0.3 is 16.0 Å². The third-order valence-electron chi connectivity index (χ3n) is 2.20. The molecule has 0 spiro atoms. The Labute approximate surface area is 110 Å². The molecule has 1 aromatic rings. The number of benzene rings is 1. The van der Waals surface area contributed by atoms with Crippen LogP contribution in [0.2, 0.25) is 0 Å². The van der Waals surface area contributed by atoms with Crippen LogP contribution in [0.3, 0.4) is 0 Å². The van der Waals surface area contributed by atoms with Gasteiger partial charge in [0.05, 0.1) is 0 Å². The van der Waals surface area contributed by atoms with Crippen molar-refractivity contribution >= 4 is 27.5 Å². The molecule has 0 aromatic heterocycles. The van der Waals surface area contributed by atoms with Crippen molar-refractivity contribution in [3.05, 3.63) is 28.2 Å². The molecule has 0 aliphatic rings. The van der Waals surface area contributed by atoms with E-state index in [0.717, 1.165) is 11.0 Å². The molecular formula is C12H18BrN3O. The zero-order valence-corrected chi connectivity index (χ0v) is 11.9. The van der Waals surface area contributed by atoms with Gasteiger partial charge in [0, 0.05) is 28.3 Å². The third-order valence-corrected chi connectivity index (χ3v) is 2.66.